The van der Waals surface area contributed by atoms with Gasteiger partial charge >= 0.3 is 5.97 Å². The average Bonchev–Trinajstić information content (AvgIpc) is 2.45. The van der Waals surface area contributed by atoms with Gasteiger partial charge in [-0.05, 0) is 31.6 Å². The Balaban J connectivity index is 1.86. The summed E-state index contributed by atoms with van der Waals surface area (Å²) in [5, 5.41) is 12.9. The van der Waals surface area contributed by atoms with Gasteiger partial charge in [0.25, 0.3) is 0 Å². The molecular weight excluding hydrogens is 264 g/mol. The molecule has 0 aromatic carbocycles. The van der Waals surface area contributed by atoms with Crippen molar-refractivity contribution >= 4 is 5.97 Å². The van der Waals surface area contributed by atoms with Gasteiger partial charge in [-0.25, -0.2) is 0 Å². The molecule has 0 bridgehead atoms. The van der Waals surface area contributed by atoms with Gasteiger partial charge in [0.2, 0.25) is 0 Å². The van der Waals surface area contributed by atoms with Gasteiger partial charge in [0, 0.05) is 25.2 Å². The van der Waals surface area contributed by atoms with Crippen LogP contribution in [0.2, 0.25) is 0 Å². The molecule has 2 unspecified atom stereocenters. The van der Waals surface area contributed by atoms with E-state index in [2.05, 4.69) is 17.1 Å². The van der Waals surface area contributed by atoms with Crippen LogP contribution in [-0.4, -0.2) is 47.7 Å². The maximum absolute atomic E-state index is 11.0. The Hall–Kier alpha value is -0.610. The van der Waals surface area contributed by atoms with Crippen molar-refractivity contribution in [3.8, 4) is 0 Å². The molecule has 2 fully saturated rings. The lowest BCUT2D eigenvalue weighted by Crippen LogP contribution is -2.53. The number of nitrogens with zero attached hydrogens (tertiary/aromatic N) is 1. The summed E-state index contributed by atoms with van der Waals surface area (Å²) in [6.45, 7) is 4.31. The normalized spacial score (nSPS) is 28.6. The topological polar surface area (TPSA) is 52.6 Å². The molecule has 1 heterocycles. The first kappa shape index (κ1) is 16.8. The fourth-order valence-corrected chi connectivity index (χ4v) is 4.05. The Morgan fingerprint density at radius 3 is 2.62 bits per heavy atom. The molecule has 0 radical (unpaired) electrons. The molecule has 0 spiro atoms. The predicted molar refractivity (Wildman–Crippen MR) is 85.5 cm³/mol. The predicted octanol–water partition coefficient (Wildman–Crippen LogP) is 2.87. The second-order valence-corrected chi connectivity index (χ2v) is 7.03. The summed E-state index contributed by atoms with van der Waals surface area (Å²) >= 11 is 0. The van der Waals surface area contributed by atoms with E-state index in [0.29, 0.717) is 18.0 Å². The van der Waals surface area contributed by atoms with E-state index < -0.39 is 5.97 Å². The number of hydrogen-bond acceptors (Lipinski definition) is 3. The minimum Gasteiger partial charge on any atom is -0.480 e. The van der Waals surface area contributed by atoms with E-state index >= 15 is 0 Å². The highest BCUT2D eigenvalue weighted by atomic mass is 16.4. The van der Waals surface area contributed by atoms with E-state index in [4.69, 9.17) is 5.11 Å². The summed E-state index contributed by atoms with van der Waals surface area (Å²) in [6, 6.07) is 1.16. The van der Waals surface area contributed by atoms with Crippen LogP contribution in [0, 0.1) is 5.92 Å². The standard InChI is InChI=1S/C17H32N2O2/c1-2-3-7-14-10-16(12-19(11-14)13-17(20)21)18-15-8-5-4-6-9-15/h14-16,18H,2-13H2,1H3,(H,20,21). The molecule has 0 aromatic rings. The number of piperidine rings is 1. The molecular formula is C17H32N2O2. The van der Waals surface area contributed by atoms with Crippen molar-refractivity contribution in [1.29, 1.82) is 0 Å². The number of hydrogen-bond donors (Lipinski definition) is 2. The van der Waals surface area contributed by atoms with Gasteiger partial charge < -0.3 is 10.4 Å². The molecule has 1 aliphatic carbocycles. The van der Waals surface area contributed by atoms with Crippen LogP contribution in [0.15, 0.2) is 0 Å². The lowest BCUT2D eigenvalue weighted by atomic mass is 9.88. The van der Waals surface area contributed by atoms with Crippen LogP contribution in [0.25, 0.3) is 0 Å². The molecule has 1 aliphatic heterocycles. The molecule has 1 saturated heterocycles. The monoisotopic (exact) mass is 296 g/mol. The minimum absolute atomic E-state index is 0.200. The van der Waals surface area contributed by atoms with Crippen molar-refractivity contribution in [3.05, 3.63) is 0 Å². The van der Waals surface area contributed by atoms with Gasteiger partial charge in [-0.3, -0.25) is 9.69 Å². The second kappa shape index (κ2) is 8.74. The van der Waals surface area contributed by atoms with Crippen molar-refractivity contribution in [2.45, 2.75) is 76.8 Å². The molecule has 2 rings (SSSR count). The summed E-state index contributed by atoms with van der Waals surface area (Å²) in [6.07, 6.45) is 11.7. The Bertz CT molecular complexity index is 316. The van der Waals surface area contributed by atoms with E-state index in [1.807, 2.05) is 0 Å². The molecule has 2 N–H and O–H groups in total. The Morgan fingerprint density at radius 2 is 1.95 bits per heavy atom. The van der Waals surface area contributed by atoms with Crippen LogP contribution in [-0.2, 0) is 4.79 Å². The lowest BCUT2D eigenvalue weighted by molar-refractivity contribution is -0.138. The van der Waals surface area contributed by atoms with E-state index in [-0.39, 0.29) is 6.54 Å². The van der Waals surface area contributed by atoms with Crippen molar-refractivity contribution in [1.82, 2.24) is 10.2 Å². The van der Waals surface area contributed by atoms with Gasteiger partial charge in [-0.1, -0.05) is 39.0 Å². The van der Waals surface area contributed by atoms with Gasteiger partial charge in [0.1, 0.15) is 0 Å². The smallest absolute Gasteiger partial charge is 0.317 e. The lowest BCUT2D eigenvalue weighted by Gasteiger charge is -2.39. The molecule has 4 nitrogen and oxygen atoms in total. The number of carboxylic acids is 1. The van der Waals surface area contributed by atoms with Crippen LogP contribution >= 0.6 is 0 Å². The van der Waals surface area contributed by atoms with E-state index in [1.165, 1.54) is 57.8 Å². The maximum atomic E-state index is 11.0. The van der Waals surface area contributed by atoms with Crippen LogP contribution in [0.5, 0.6) is 0 Å². The number of unbranched alkanes of at least 4 members (excludes halogenated alkanes) is 1. The highest BCUT2D eigenvalue weighted by Crippen LogP contribution is 2.24. The largest absolute Gasteiger partial charge is 0.480 e. The number of carbonyl (C=O) groups is 1. The molecule has 21 heavy (non-hydrogen) atoms. The molecule has 2 aliphatic rings. The van der Waals surface area contributed by atoms with Gasteiger partial charge in [-0.15, -0.1) is 0 Å². The van der Waals surface area contributed by atoms with Crippen LogP contribution in [0.1, 0.15) is 64.7 Å². The quantitative estimate of drug-likeness (QED) is 0.758. The fraction of sp³-hybridized carbons (Fsp3) is 0.941. The summed E-state index contributed by atoms with van der Waals surface area (Å²) in [5.74, 6) is -0.0262. The Kier molecular flexibility index (Phi) is 6.97. The number of carboxylic acid groups (broad SMARTS) is 1. The zero-order chi connectivity index (χ0) is 15.1. The maximum Gasteiger partial charge on any atom is 0.317 e. The molecule has 4 heteroatoms. The molecule has 122 valence electrons. The van der Waals surface area contributed by atoms with E-state index in [9.17, 15) is 4.79 Å². The number of likely N-dealkylation sites (tertiary alicyclic amines) is 1. The molecule has 0 amide bonds. The van der Waals surface area contributed by atoms with Gasteiger partial charge in [0.05, 0.1) is 6.54 Å². The van der Waals surface area contributed by atoms with Crippen molar-refractivity contribution in [2.75, 3.05) is 19.6 Å². The average molecular weight is 296 g/mol. The summed E-state index contributed by atoms with van der Waals surface area (Å²) in [5.41, 5.74) is 0. The third-order valence-corrected chi connectivity index (χ3v) is 5.01. The van der Waals surface area contributed by atoms with Gasteiger partial charge in [0.15, 0.2) is 0 Å². The Labute approximate surface area is 129 Å². The second-order valence-electron chi connectivity index (χ2n) is 7.03. The third-order valence-electron chi connectivity index (χ3n) is 5.01. The van der Waals surface area contributed by atoms with Crippen LogP contribution < -0.4 is 5.32 Å². The molecule has 2 atom stereocenters. The van der Waals surface area contributed by atoms with E-state index in [0.717, 1.165) is 13.1 Å². The SMILES string of the molecule is CCCCC1CC(NC2CCCCC2)CN(CC(=O)O)C1. The van der Waals surface area contributed by atoms with Crippen LogP contribution in [0.4, 0.5) is 0 Å². The number of rotatable bonds is 7. The van der Waals surface area contributed by atoms with E-state index in [1.54, 1.807) is 0 Å². The minimum atomic E-state index is -0.692. The van der Waals surface area contributed by atoms with Crippen LogP contribution in [0.3, 0.4) is 0 Å². The third kappa shape index (κ3) is 5.95. The first-order valence-corrected chi connectivity index (χ1v) is 8.87. The summed E-state index contributed by atoms with van der Waals surface area (Å²) < 4.78 is 0. The first-order valence-electron chi connectivity index (χ1n) is 8.87. The highest BCUT2D eigenvalue weighted by molar-refractivity contribution is 5.69. The summed E-state index contributed by atoms with van der Waals surface area (Å²) in [4.78, 5) is 13.2. The highest BCUT2D eigenvalue weighted by Gasteiger charge is 2.29. The van der Waals surface area contributed by atoms with Gasteiger partial charge in [-0.2, -0.15) is 0 Å². The number of nitrogens with one attached hydrogen (secondary N) is 1. The zero-order valence-electron chi connectivity index (χ0n) is 13.5. The molecule has 0 aromatic heterocycles. The van der Waals surface area contributed by atoms with Crippen molar-refractivity contribution < 1.29 is 9.90 Å². The fourth-order valence-electron chi connectivity index (χ4n) is 4.05. The van der Waals surface area contributed by atoms with Crippen molar-refractivity contribution in [3.63, 3.8) is 0 Å². The Morgan fingerprint density at radius 1 is 1.19 bits per heavy atom. The first-order chi connectivity index (χ1) is 10.2. The number of aliphatic carboxylic acids is 1. The summed E-state index contributed by atoms with van der Waals surface area (Å²) in [7, 11) is 0. The van der Waals surface area contributed by atoms with Crippen molar-refractivity contribution in [2.24, 2.45) is 5.92 Å². The zero-order valence-corrected chi connectivity index (χ0v) is 13.5. The molecule has 1 saturated carbocycles.